The summed E-state index contributed by atoms with van der Waals surface area (Å²) in [6, 6.07) is 0. The van der Waals surface area contributed by atoms with Crippen LogP contribution in [0.4, 0.5) is 0 Å². The summed E-state index contributed by atoms with van der Waals surface area (Å²) in [6.07, 6.45) is 7.37. The Kier molecular flexibility index (Phi) is 6.49. The monoisotopic (exact) mass is 184 g/mol. The Bertz CT molecular complexity index is 81.5. The quantitative estimate of drug-likeness (QED) is 0.399. The van der Waals surface area contributed by atoms with Crippen molar-refractivity contribution in [2.45, 2.75) is 27.2 Å². The van der Waals surface area contributed by atoms with Crippen LogP contribution in [0.1, 0.15) is 27.2 Å². The van der Waals surface area contributed by atoms with Gasteiger partial charge in [0.25, 0.3) is 0 Å². The molecule has 8 heavy (non-hydrogen) atoms. The second-order valence-corrected chi connectivity index (χ2v) is 2.91. The minimum atomic E-state index is 0. The van der Waals surface area contributed by atoms with E-state index in [2.05, 4.69) is 26.7 Å². The van der Waals surface area contributed by atoms with E-state index in [4.69, 9.17) is 6.42 Å². The van der Waals surface area contributed by atoms with E-state index in [9.17, 15) is 0 Å². The molecular weight excluding hydrogens is 173 g/mol. The number of hydrogen-bond donors (Lipinski definition) is 0. The molecule has 0 aliphatic carbocycles. The predicted octanol–water partition coefficient (Wildman–Crippen LogP) is 2.01. The van der Waals surface area contributed by atoms with E-state index in [1.807, 2.05) is 0 Å². The molecule has 0 aliphatic rings. The van der Waals surface area contributed by atoms with E-state index < -0.39 is 0 Å². The van der Waals surface area contributed by atoms with Crippen molar-refractivity contribution in [1.82, 2.24) is 0 Å². The average Bonchev–Trinajstić information content (AvgIpc) is 1.30. The first-order valence-corrected chi connectivity index (χ1v) is 2.46. The van der Waals surface area contributed by atoms with Crippen molar-refractivity contribution in [2.75, 3.05) is 0 Å². The fraction of sp³-hybridized carbons (Fsp3) is 0.714. The van der Waals surface area contributed by atoms with E-state index in [0.717, 1.165) is 6.42 Å². The first-order valence-electron chi connectivity index (χ1n) is 2.46. The third-order valence-electron chi connectivity index (χ3n) is 0.619. The minimum Gasteiger partial charge on any atom is -0.694 e. The third-order valence-corrected chi connectivity index (χ3v) is 0.619. The van der Waals surface area contributed by atoms with Crippen LogP contribution >= 0.6 is 0 Å². The average molecular weight is 184 g/mol. The van der Waals surface area contributed by atoms with Gasteiger partial charge in [-0.25, -0.2) is 0 Å². The molecule has 0 bridgehead atoms. The molecule has 0 amide bonds. The predicted molar refractivity (Wildman–Crippen MR) is 31.2 cm³/mol. The van der Waals surface area contributed by atoms with Crippen LogP contribution in [0, 0.1) is 17.8 Å². The summed E-state index contributed by atoms with van der Waals surface area (Å²) in [4.78, 5) is 0. The van der Waals surface area contributed by atoms with Gasteiger partial charge in [0.2, 0.25) is 0 Å². The van der Waals surface area contributed by atoms with Crippen LogP contribution < -0.4 is 0 Å². The molecule has 0 aromatic carbocycles. The normalized spacial score (nSPS) is 9.25. The van der Waals surface area contributed by atoms with Crippen molar-refractivity contribution in [3.63, 3.8) is 0 Å². The number of hydrogen-bond acceptors (Lipinski definition) is 0. The van der Waals surface area contributed by atoms with Crippen LogP contribution in [0.3, 0.4) is 0 Å². The van der Waals surface area contributed by atoms with Crippen molar-refractivity contribution < 1.29 is 32.7 Å². The zero-order chi connectivity index (χ0) is 5.91. The van der Waals surface area contributed by atoms with Gasteiger partial charge in [0.05, 0.1) is 0 Å². The van der Waals surface area contributed by atoms with Crippen LogP contribution in [-0.2, 0) is 32.7 Å². The van der Waals surface area contributed by atoms with Gasteiger partial charge in [0, 0.05) is 32.7 Å². The molecule has 0 N–H and O–H groups in total. The zero-order valence-corrected chi connectivity index (χ0v) is 8.62. The van der Waals surface area contributed by atoms with Crippen molar-refractivity contribution in [3.05, 3.63) is 6.42 Å². The fourth-order valence-electron chi connectivity index (χ4n) is 0.265. The summed E-state index contributed by atoms with van der Waals surface area (Å²) in [6.45, 7) is 6.28. The molecule has 0 nitrogen and oxygen atoms in total. The van der Waals surface area contributed by atoms with Crippen molar-refractivity contribution in [2.24, 2.45) is 5.41 Å². The second-order valence-electron chi connectivity index (χ2n) is 2.91. The van der Waals surface area contributed by atoms with Gasteiger partial charge in [-0.2, -0.15) is 0 Å². The molecule has 0 fully saturated rings. The minimum absolute atomic E-state index is 0. The SMILES string of the molecule is [C-]#CCC(C)(C)C.[Y]. The van der Waals surface area contributed by atoms with E-state index >= 15 is 0 Å². The van der Waals surface area contributed by atoms with Crippen molar-refractivity contribution >= 4 is 0 Å². The zero-order valence-electron chi connectivity index (χ0n) is 5.78. The maximum absolute atomic E-state index is 6.61. The molecular formula is C7H11Y-. The fourth-order valence-corrected chi connectivity index (χ4v) is 0.265. The van der Waals surface area contributed by atoms with Gasteiger partial charge < -0.3 is 12.3 Å². The Morgan fingerprint density at radius 2 is 1.75 bits per heavy atom. The summed E-state index contributed by atoms with van der Waals surface area (Å²) in [5, 5.41) is 0. The van der Waals surface area contributed by atoms with E-state index in [0.29, 0.717) is 0 Å². The van der Waals surface area contributed by atoms with Gasteiger partial charge in [-0.05, 0) is 11.8 Å². The molecule has 1 radical (unpaired) electrons. The van der Waals surface area contributed by atoms with Gasteiger partial charge in [-0.3, -0.25) is 0 Å². The van der Waals surface area contributed by atoms with E-state index in [1.54, 1.807) is 0 Å². The summed E-state index contributed by atoms with van der Waals surface area (Å²) < 4.78 is 0. The van der Waals surface area contributed by atoms with Crippen LogP contribution in [0.15, 0.2) is 0 Å². The Morgan fingerprint density at radius 3 is 1.75 bits per heavy atom. The van der Waals surface area contributed by atoms with Crippen LogP contribution in [0.2, 0.25) is 0 Å². The largest absolute Gasteiger partial charge is 0.694 e. The van der Waals surface area contributed by atoms with Crippen LogP contribution in [0.5, 0.6) is 0 Å². The van der Waals surface area contributed by atoms with Gasteiger partial charge in [0.1, 0.15) is 0 Å². The summed E-state index contributed by atoms with van der Waals surface area (Å²) >= 11 is 0. The van der Waals surface area contributed by atoms with Crippen LogP contribution in [0.25, 0.3) is 0 Å². The van der Waals surface area contributed by atoms with Crippen molar-refractivity contribution in [3.8, 4) is 5.92 Å². The Balaban J connectivity index is 0. The topological polar surface area (TPSA) is 0 Å². The first kappa shape index (κ1) is 11.5. The van der Waals surface area contributed by atoms with Gasteiger partial charge >= 0.3 is 0 Å². The molecule has 1 heteroatoms. The standard InChI is InChI=1S/C7H11.Y/c1-5-6-7(2,3)4;/h6H2,2-4H3;/q-1;. The number of rotatable bonds is 0. The summed E-state index contributed by atoms with van der Waals surface area (Å²) in [5.74, 6) is 2.36. The molecule has 43 valence electrons. The smallest absolute Gasteiger partial charge is 0 e. The molecule has 0 saturated carbocycles. The molecule has 0 atom stereocenters. The van der Waals surface area contributed by atoms with Crippen molar-refractivity contribution in [1.29, 1.82) is 0 Å². The van der Waals surface area contributed by atoms with Gasteiger partial charge in [-0.1, -0.05) is 20.8 Å². The Labute approximate surface area is 77.3 Å². The molecule has 0 saturated heterocycles. The maximum Gasteiger partial charge on any atom is 0 e. The molecule has 0 heterocycles. The summed E-state index contributed by atoms with van der Waals surface area (Å²) in [7, 11) is 0. The van der Waals surface area contributed by atoms with Crippen LogP contribution in [-0.4, -0.2) is 0 Å². The molecule has 0 spiro atoms. The first-order chi connectivity index (χ1) is 3.06. The Morgan fingerprint density at radius 1 is 1.38 bits per heavy atom. The molecule has 0 rings (SSSR count). The maximum atomic E-state index is 6.61. The Hall–Kier alpha value is 0.664. The molecule has 0 unspecified atom stereocenters. The molecule has 0 aliphatic heterocycles. The van der Waals surface area contributed by atoms with Gasteiger partial charge in [0.15, 0.2) is 0 Å². The summed E-state index contributed by atoms with van der Waals surface area (Å²) in [5.41, 5.74) is 0.252. The molecule has 0 aromatic heterocycles. The van der Waals surface area contributed by atoms with E-state index in [-0.39, 0.29) is 38.1 Å². The second kappa shape index (κ2) is 4.53. The third kappa shape index (κ3) is 9.83. The van der Waals surface area contributed by atoms with Gasteiger partial charge in [-0.15, -0.1) is 0 Å². The van der Waals surface area contributed by atoms with E-state index in [1.165, 1.54) is 0 Å². The molecule has 0 aromatic rings.